The molecular weight excluding hydrogens is 446 g/mol. The first kappa shape index (κ1) is 22.5. The van der Waals surface area contributed by atoms with Crippen molar-refractivity contribution in [2.45, 2.75) is 37.0 Å². The molecule has 5 atom stereocenters. The number of imidazole rings is 1. The lowest BCUT2D eigenvalue weighted by Gasteiger charge is -2.27. The maximum Gasteiger partial charge on any atom is 0.324 e. The average Bonchev–Trinajstić information content (AvgIpc) is 3.34. The second-order valence-corrected chi connectivity index (χ2v) is 8.39. The van der Waals surface area contributed by atoms with E-state index in [1.54, 1.807) is 0 Å². The molecule has 2 saturated heterocycles. The lowest BCUT2D eigenvalue weighted by molar-refractivity contribution is -0.126. The van der Waals surface area contributed by atoms with Crippen LogP contribution in [0.15, 0.2) is 6.33 Å². The van der Waals surface area contributed by atoms with Gasteiger partial charge in [-0.3, -0.25) is 14.3 Å². The van der Waals surface area contributed by atoms with E-state index in [4.69, 9.17) is 19.4 Å². The summed E-state index contributed by atoms with van der Waals surface area (Å²) in [5.41, 5.74) is 4.61. The fourth-order valence-corrected chi connectivity index (χ4v) is 4.27. The van der Waals surface area contributed by atoms with Crippen molar-refractivity contribution in [2.24, 2.45) is 0 Å². The molecule has 0 spiro atoms. The lowest BCUT2D eigenvalue weighted by atomic mass is 9.96. The Morgan fingerprint density at radius 2 is 2.16 bits per heavy atom. The van der Waals surface area contributed by atoms with E-state index >= 15 is 0 Å². The van der Waals surface area contributed by atoms with Crippen molar-refractivity contribution in [1.82, 2.24) is 29.7 Å². The summed E-state index contributed by atoms with van der Waals surface area (Å²) in [5.74, 6) is -0.0562. The van der Waals surface area contributed by atoms with E-state index in [0.717, 1.165) is 16.9 Å². The van der Waals surface area contributed by atoms with Crippen LogP contribution in [0.5, 0.6) is 5.88 Å². The maximum atomic E-state index is 11.9. The van der Waals surface area contributed by atoms with Gasteiger partial charge in [0.05, 0.1) is 20.0 Å². The number of hydrogen-bond acceptors (Lipinski definition) is 12. The number of likely N-dealkylation sites (N-methyl/N-ethyl adjacent to an activating group) is 1. The number of aliphatic hydroxyl groups excluding tert-OH is 1. The van der Waals surface area contributed by atoms with Gasteiger partial charge in [0.25, 0.3) is 5.91 Å². The Hall–Kier alpha value is -2.72. The molecule has 2 aromatic heterocycles. The molecule has 1 unspecified atom stereocenters. The largest absolute Gasteiger partial charge is 0.479 e. The SMILES string of the molecule is COc1nc(N)nc2c1ncn2[C@@H]1O[C@H](COSCC2NC(=O)N(C)C2=O)[C@@H](O)[C@@]1(C)O. The number of carbonyl (C=O) groups is 2. The van der Waals surface area contributed by atoms with Crippen molar-refractivity contribution in [3.05, 3.63) is 6.33 Å². The topological polar surface area (TPSA) is 187 Å². The molecule has 2 aliphatic heterocycles. The second-order valence-electron chi connectivity index (χ2n) is 7.58. The van der Waals surface area contributed by atoms with E-state index in [0.29, 0.717) is 5.52 Å². The number of aromatic nitrogens is 4. The third-order valence-electron chi connectivity index (χ3n) is 5.39. The molecule has 32 heavy (non-hydrogen) atoms. The van der Waals surface area contributed by atoms with Gasteiger partial charge in [-0.1, -0.05) is 0 Å². The number of fused-ring (bicyclic) bond motifs is 1. The summed E-state index contributed by atoms with van der Waals surface area (Å²) in [4.78, 5) is 36.7. The number of methoxy groups -OCH3 is 1. The zero-order chi connectivity index (χ0) is 23.2. The number of amides is 3. The summed E-state index contributed by atoms with van der Waals surface area (Å²) in [6.07, 6.45) is -1.86. The Balaban J connectivity index is 1.43. The molecule has 0 saturated carbocycles. The van der Waals surface area contributed by atoms with Gasteiger partial charge in [-0.05, 0) is 19.0 Å². The van der Waals surface area contributed by atoms with Crippen LogP contribution in [-0.2, 0) is 13.7 Å². The summed E-state index contributed by atoms with van der Waals surface area (Å²) in [5, 5.41) is 24.1. The molecule has 0 bridgehead atoms. The van der Waals surface area contributed by atoms with Crippen molar-refractivity contribution < 1.29 is 33.5 Å². The fraction of sp³-hybridized carbons (Fsp3) is 0.588. The van der Waals surface area contributed by atoms with Gasteiger partial charge in [0, 0.05) is 12.8 Å². The smallest absolute Gasteiger partial charge is 0.324 e. The summed E-state index contributed by atoms with van der Waals surface area (Å²) in [6, 6.07) is -1.16. The van der Waals surface area contributed by atoms with Crippen molar-refractivity contribution in [3.8, 4) is 5.88 Å². The number of aliphatic hydroxyl groups is 2. The Morgan fingerprint density at radius 1 is 1.41 bits per heavy atom. The van der Waals surface area contributed by atoms with Crippen molar-refractivity contribution >= 4 is 41.1 Å². The number of nitrogens with zero attached hydrogens (tertiary/aromatic N) is 5. The molecule has 2 aromatic rings. The third kappa shape index (κ3) is 3.71. The van der Waals surface area contributed by atoms with Crippen molar-refractivity contribution in [1.29, 1.82) is 0 Å². The summed E-state index contributed by atoms with van der Waals surface area (Å²) in [7, 11) is 2.81. The monoisotopic (exact) mass is 469 g/mol. The van der Waals surface area contributed by atoms with E-state index in [1.165, 1.54) is 32.0 Å². The van der Waals surface area contributed by atoms with Crippen LogP contribution < -0.4 is 15.8 Å². The molecule has 2 aliphatic rings. The number of urea groups is 1. The predicted molar refractivity (Wildman–Crippen MR) is 110 cm³/mol. The number of nitrogen functional groups attached to an aromatic ring is 1. The Bertz CT molecular complexity index is 1050. The van der Waals surface area contributed by atoms with Gasteiger partial charge >= 0.3 is 6.03 Å². The average molecular weight is 469 g/mol. The van der Waals surface area contributed by atoms with Crippen molar-refractivity contribution in [2.75, 3.05) is 32.3 Å². The number of hydrogen-bond donors (Lipinski definition) is 4. The van der Waals surface area contributed by atoms with E-state index in [1.807, 2.05) is 0 Å². The first-order valence-electron chi connectivity index (χ1n) is 9.57. The number of imide groups is 1. The first-order chi connectivity index (χ1) is 15.1. The maximum absolute atomic E-state index is 11.9. The normalized spacial score (nSPS) is 30.3. The number of anilines is 1. The molecule has 14 nitrogen and oxygen atoms in total. The molecule has 0 radical (unpaired) electrons. The van der Waals surface area contributed by atoms with Crippen LogP contribution in [0.3, 0.4) is 0 Å². The molecule has 4 heterocycles. The van der Waals surface area contributed by atoms with Gasteiger partial charge in [0.2, 0.25) is 11.8 Å². The predicted octanol–water partition coefficient (Wildman–Crippen LogP) is -1.36. The number of rotatable bonds is 7. The third-order valence-corrected chi connectivity index (χ3v) is 6.16. The van der Waals surface area contributed by atoms with Crippen LogP contribution in [0.1, 0.15) is 13.2 Å². The molecule has 0 aromatic carbocycles. The van der Waals surface area contributed by atoms with Gasteiger partial charge in [-0.15, -0.1) is 0 Å². The van der Waals surface area contributed by atoms with Gasteiger partial charge < -0.3 is 34.9 Å². The van der Waals surface area contributed by atoms with Gasteiger partial charge in [0.1, 0.15) is 23.9 Å². The minimum absolute atomic E-state index is 0.0511. The van der Waals surface area contributed by atoms with Gasteiger partial charge in [-0.2, -0.15) is 9.97 Å². The van der Waals surface area contributed by atoms with Crippen LogP contribution in [0.25, 0.3) is 11.2 Å². The van der Waals surface area contributed by atoms with E-state index in [9.17, 15) is 19.8 Å². The molecule has 4 rings (SSSR count). The Kier molecular flexibility index (Phi) is 5.85. The zero-order valence-corrected chi connectivity index (χ0v) is 18.3. The number of nitrogens with one attached hydrogen (secondary N) is 1. The van der Waals surface area contributed by atoms with E-state index < -0.39 is 36.1 Å². The highest BCUT2D eigenvalue weighted by atomic mass is 32.2. The molecule has 15 heteroatoms. The Labute approximate surface area is 186 Å². The minimum Gasteiger partial charge on any atom is -0.479 e. The highest BCUT2D eigenvalue weighted by Gasteiger charge is 2.53. The number of ether oxygens (including phenoxy) is 2. The lowest BCUT2D eigenvalue weighted by Crippen LogP contribution is -2.44. The zero-order valence-electron chi connectivity index (χ0n) is 17.5. The molecule has 174 valence electrons. The highest BCUT2D eigenvalue weighted by molar-refractivity contribution is 7.94. The van der Waals surface area contributed by atoms with Crippen LogP contribution >= 0.6 is 12.0 Å². The molecular formula is C17H23N7O7S. The molecule has 0 aliphatic carbocycles. The van der Waals surface area contributed by atoms with Crippen LogP contribution in [0.2, 0.25) is 0 Å². The van der Waals surface area contributed by atoms with Gasteiger partial charge in [-0.25, -0.2) is 9.78 Å². The first-order valence-corrected chi connectivity index (χ1v) is 10.5. The highest BCUT2D eigenvalue weighted by Crippen LogP contribution is 2.40. The fourth-order valence-electron chi connectivity index (χ4n) is 3.58. The summed E-state index contributed by atoms with van der Waals surface area (Å²) < 4.78 is 18.0. The summed E-state index contributed by atoms with van der Waals surface area (Å²) in [6.45, 7) is 1.34. The van der Waals surface area contributed by atoms with Crippen LogP contribution in [0.4, 0.5) is 10.7 Å². The van der Waals surface area contributed by atoms with Crippen LogP contribution in [0, 0.1) is 0 Å². The molecule has 3 amide bonds. The standard InChI is InChI=1S/C17H23N7O7S/c1-17(28)10(25)8(4-30-32-5-7-13(26)23(2)16(27)20-7)31-14(17)24-6-19-9-11(24)21-15(18)22-12(9)29-3/h6-8,10,14,25,28H,4-5H2,1-3H3,(H,20,27)(H2,18,21,22)/t7?,8-,10-,14-,17-/m1/s1. The van der Waals surface area contributed by atoms with E-state index in [2.05, 4.69) is 20.3 Å². The number of nitrogens with two attached hydrogens (primary N) is 1. The number of carbonyl (C=O) groups excluding carboxylic acids is 2. The second kappa shape index (κ2) is 8.32. The van der Waals surface area contributed by atoms with Gasteiger partial charge in [0.15, 0.2) is 17.4 Å². The van der Waals surface area contributed by atoms with Crippen molar-refractivity contribution in [3.63, 3.8) is 0 Å². The Morgan fingerprint density at radius 3 is 2.81 bits per heavy atom. The molecule has 2 fully saturated rings. The minimum atomic E-state index is -1.71. The van der Waals surface area contributed by atoms with E-state index in [-0.39, 0.29) is 35.7 Å². The van der Waals surface area contributed by atoms with Crippen LogP contribution in [-0.4, -0.2) is 96.9 Å². The summed E-state index contributed by atoms with van der Waals surface area (Å²) >= 11 is 0.948. The quantitative estimate of drug-likeness (QED) is 0.212. The molecule has 5 N–H and O–H groups in total.